The van der Waals surface area contributed by atoms with Crippen LogP contribution in [0.2, 0.25) is 0 Å². The zero-order valence-corrected chi connectivity index (χ0v) is 12.4. The molecule has 1 heterocycles. The normalized spacial score (nSPS) is 12.0. The molecule has 2 rings (SSSR count). The molecule has 1 aromatic carbocycles. The molecular weight excluding hydrogens is 266 g/mol. The van der Waals surface area contributed by atoms with Gasteiger partial charge in [-0.25, -0.2) is 0 Å². The van der Waals surface area contributed by atoms with Crippen LogP contribution in [0.4, 0.5) is 0 Å². The van der Waals surface area contributed by atoms with Crippen molar-refractivity contribution in [1.29, 1.82) is 0 Å². The topological polar surface area (TPSA) is 77.1 Å². The van der Waals surface area contributed by atoms with Crippen molar-refractivity contribution < 1.29 is 9.59 Å². The molecule has 0 radical (unpaired) electrons. The van der Waals surface area contributed by atoms with Crippen molar-refractivity contribution >= 4 is 11.8 Å². The number of nitrogens with zero attached hydrogens (tertiary/aromatic N) is 1. The van der Waals surface area contributed by atoms with Gasteiger partial charge in [-0.1, -0.05) is 23.8 Å². The third kappa shape index (κ3) is 3.13. The molecule has 110 valence electrons. The lowest BCUT2D eigenvalue weighted by Gasteiger charge is -2.12. The van der Waals surface area contributed by atoms with E-state index in [0.717, 1.165) is 16.8 Å². The van der Waals surface area contributed by atoms with Crippen molar-refractivity contribution in [3.63, 3.8) is 0 Å². The van der Waals surface area contributed by atoms with Crippen molar-refractivity contribution in [3.05, 3.63) is 47.7 Å². The molecule has 0 bridgehead atoms. The lowest BCUT2D eigenvalue weighted by Crippen LogP contribution is -2.42. The van der Waals surface area contributed by atoms with E-state index in [2.05, 4.69) is 11.4 Å². The smallest absolute Gasteiger partial charge is 0.268 e. The van der Waals surface area contributed by atoms with E-state index in [1.54, 1.807) is 17.6 Å². The number of hydrogen-bond donors (Lipinski definition) is 2. The predicted octanol–water partition coefficient (Wildman–Crippen LogP) is 1.60. The minimum Gasteiger partial charge on any atom is -0.368 e. The molecule has 2 amide bonds. The molecule has 3 N–H and O–H groups in total. The van der Waals surface area contributed by atoms with E-state index in [9.17, 15) is 9.59 Å². The minimum absolute atomic E-state index is 0.317. The Bertz CT molecular complexity index is 689. The Balaban J connectivity index is 2.29. The molecule has 1 atom stereocenters. The van der Waals surface area contributed by atoms with Crippen molar-refractivity contribution in [2.45, 2.75) is 19.9 Å². The molecule has 0 aliphatic carbocycles. The number of primary amides is 1. The Hall–Kier alpha value is -2.56. The third-order valence-corrected chi connectivity index (χ3v) is 3.44. The van der Waals surface area contributed by atoms with Gasteiger partial charge in [-0.2, -0.15) is 0 Å². The van der Waals surface area contributed by atoms with Gasteiger partial charge in [0.25, 0.3) is 5.91 Å². The molecule has 0 spiro atoms. The molecule has 5 nitrogen and oxygen atoms in total. The van der Waals surface area contributed by atoms with Gasteiger partial charge in [0.2, 0.25) is 5.91 Å². The van der Waals surface area contributed by atoms with Crippen LogP contribution in [0.3, 0.4) is 0 Å². The van der Waals surface area contributed by atoms with Gasteiger partial charge in [-0.3, -0.25) is 9.59 Å². The van der Waals surface area contributed by atoms with E-state index in [-0.39, 0.29) is 5.91 Å². The summed E-state index contributed by atoms with van der Waals surface area (Å²) in [5.74, 6) is -0.876. The van der Waals surface area contributed by atoms with Crippen LogP contribution < -0.4 is 11.1 Å². The average molecular weight is 285 g/mol. The maximum Gasteiger partial charge on any atom is 0.268 e. The van der Waals surface area contributed by atoms with Crippen molar-refractivity contribution in [1.82, 2.24) is 9.88 Å². The van der Waals surface area contributed by atoms with Gasteiger partial charge in [-0.15, -0.1) is 0 Å². The van der Waals surface area contributed by atoms with Gasteiger partial charge in [-0.05, 0) is 37.6 Å². The highest BCUT2D eigenvalue weighted by Gasteiger charge is 2.17. The summed E-state index contributed by atoms with van der Waals surface area (Å²) in [4.78, 5) is 23.2. The molecule has 0 saturated carbocycles. The standard InChI is InChI=1S/C16H19N3O2/c1-10-5-4-6-12(9-10)13-7-8-14(19(13)3)16(21)18-11(2)15(17)20/h4-9,11H,1-3H3,(H2,17,20)(H,18,21)/t11-/m0/s1. The Morgan fingerprint density at radius 1 is 1.24 bits per heavy atom. The molecule has 0 aliphatic rings. The number of carbonyl (C=O) groups is 2. The largest absolute Gasteiger partial charge is 0.368 e. The number of rotatable bonds is 4. The van der Waals surface area contributed by atoms with Gasteiger partial charge >= 0.3 is 0 Å². The number of aryl methyl sites for hydroxylation is 1. The first kappa shape index (κ1) is 14.8. The number of carbonyl (C=O) groups excluding carboxylic acids is 2. The number of aromatic nitrogens is 1. The summed E-state index contributed by atoms with van der Waals surface area (Å²) in [7, 11) is 1.82. The fourth-order valence-corrected chi connectivity index (χ4v) is 2.18. The second-order valence-corrected chi connectivity index (χ2v) is 5.13. The second-order valence-electron chi connectivity index (χ2n) is 5.13. The van der Waals surface area contributed by atoms with Crippen LogP contribution in [0.5, 0.6) is 0 Å². The van der Waals surface area contributed by atoms with Gasteiger partial charge in [0.05, 0.1) is 0 Å². The van der Waals surface area contributed by atoms with Gasteiger partial charge in [0.15, 0.2) is 0 Å². The van der Waals surface area contributed by atoms with E-state index in [0.29, 0.717) is 5.69 Å². The third-order valence-electron chi connectivity index (χ3n) is 3.44. The zero-order valence-electron chi connectivity index (χ0n) is 12.4. The molecule has 0 fully saturated rings. The van der Waals surface area contributed by atoms with E-state index in [1.165, 1.54) is 0 Å². The fraction of sp³-hybridized carbons (Fsp3) is 0.250. The van der Waals surface area contributed by atoms with E-state index in [1.807, 2.05) is 38.2 Å². The van der Waals surface area contributed by atoms with Gasteiger partial charge in [0, 0.05) is 12.7 Å². The second kappa shape index (κ2) is 5.83. The Kier molecular flexibility index (Phi) is 4.12. The summed E-state index contributed by atoms with van der Waals surface area (Å²) in [5.41, 5.74) is 8.77. The summed E-state index contributed by atoms with van der Waals surface area (Å²) < 4.78 is 1.80. The average Bonchev–Trinajstić information content (AvgIpc) is 2.80. The van der Waals surface area contributed by atoms with Crippen LogP contribution in [0.1, 0.15) is 23.0 Å². The van der Waals surface area contributed by atoms with Crippen LogP contribution in [-0.4, -0.2) is 22.4 Å². The lowest BCUT2D eigenvalue weighted by atomic mass is 10.1. The van der Waals surface area contributed by atoms with Crippen LogP contribution in [0.25, 0.3) is 11.3 Å². The van der Waals surface area contributed by atoms with Crippen LogP contribution in [-0.2, 0) is 11.8 Å². The maximum absolute atomic E-state index is 12.2. The molecular formula is C16H19N3O2. The van der Waals surface area contributed by atoms with E-state index in [4.69, 9.17) is 5.73 Å². The van der Waals surface area contributed by atoms with Crippen molar-refractivity contribution in [2.75, 3.05) is 0 Å². The maximum atomic E-state index is 12.2. The number of benzene rings is 1. The summed E-state index contributed by atoms with van der Waals surface area (Å²) in [6, 6.07) is 11.0. The SMILES string of the molecule is Cc1cccc(-c2ccc(C(=O)N[C@@H](C)C(N)=O)n2C)c1. The highest BCUT2D eigenvalue weighted by atomic mass is 16.2. The van der Waals surface area contributed by atoms with E-state index < -0.39 is 11.9 Å². The van der Waals surface area contributed by atoms with E-state index >= 15 is 0 Å². The fourth-order valence-electron chi connectivity index (χ4n) is 2.18. The summed E-state index contributed by atoms with van der Waals surface area (Å²) in [6.45, 7) is 3.58. The van der Waals surface area contributed by atoms with Crippen LogP contribution >= 0.6 is 0 Å². The van der Waals surface area contributed by atoms with Crippen molar-refractivity contribution in [2.24, 2.45) is 12.8 Å². The molecule has 5 heteroatoms. The Labute approximate surface area is 123 Å². The number of amides is 2. The molecule has 0 unspecified atom stereocenters. The molecule has 0 aliphatic heterocycles. The summed E-state index contributed by atoms with van der Waals surface area (Å²) in [5, 5.41) is 2.58. The monoisotopic (exact) mass is 285 g/mol. The first-order valence-electron chi connectivity index (χ1n) is 6.73. The quantitative estimate of drug-likeness (QED) is 0.895. The summed E-state index contributed by atoms with van der Waals surface area (Å²) >= 11 is 0. The van der Waals surface area contributed by atoms with Gasteiger partial charge < -0.3 is 15.6 Å². The number of nitrogens with two attached hydrogens (primary N) is 1. The van der Waals surface area contributed by atoms with Crippen LogP contribution in [0.15, 0.2) is 36.4 Å². The lowest BCUT2D eigenvalue weighted by molar-refractivity contribution is -0.119. The number of hydrogen-bond acceptors (Lipinski definition) is 2. The molecule has 2 aromatic rings. The highest BCUT2D eigenvalue weighted by molar-refractivity contribution is 5.96. The molecule has 21 heavy (non-hydrogen) atoms. The predicted molar refractivity (Wildman–Crippen MR) is 81.7 cm³/mol. The summed E-state index contributed by atoms with van der Waals surface area (Å²) in [6.07, 6.45) is 0. The Morgan fingerprint density at radius 2 is 1.95 bits per heavy atom. The minimum atomic E-state index is -0.699. The van der Waals surface area contributed by atoms with Gasteiger partial charge in [0.1, 0.15) is 11.7 Å². The van der Waals surface area contributed by atoms with Crippen molar-refractivity contribution in [3.8, 4) is 11.3 Å². The first-order valence-corrected chi connectivity index (χ1v) is 6.73. The molecule has 0 saturated heterocycles. The first-order chi connectivity index (χ1) is 9.90. The Morgan fingerprint density at radius 3 is 2.57 bits per heavy atom. The molecule has 1 aromatic heterocycles. The van der Waals surface area contributed by atoms with Crippen LogP contribution in [0, 0.1) is 6.92 Å². The highest BCUT2D eigenvalue weighted by Crippen LogP contribution is 2.22. The zero-order chi connectivity index (χ0) is 15.6. The number of nitrogens with one attached hydrogen (secondary N) is 1.